The number of carbonyl (C=O) groups excluding carboxylic acids is 1. The Bertz CT molecular complexity index is 1070. The third kappa shape index (κ3) is 4.58. The number of hydrogen-bond donors (Lipinski definition) is 1. The summed E-state index contributed by atoms with van der Waals surface area (Å²) >= 11 is 7.47. The third-order valence-electron chi connectivity index (χ3n) is 3.86. The highest BCUT2D eigenvalue weighted by molar-refractivity contribution is 7.99. The second-order valence-corrected chi connectivity index (χ2v) is 7.14. The average Bonchev–Trinajstić information content (AvgIpc) is 2.68. The van der Waals surface area contributed by atoms with Gasteiger partial charge in [-0.05, 0) is 18.2 Å². The minimum Gasteiger partial charge on any atom is -0.495 e. The average molecular weight is 420 g/mol. The van der Waals surface area contributed by atoms with Gasteiger partial charge in [-0.3, -0.25) is 14.0 Å². The molecule has 3 aromatic rings. The van der Waals surface area contributed by atoms with Crippen LogP contribution in [-0.2, 0) is 10.5 Å². The first kappa shape index (κ1) is 20.0. The van der Waals surface area contributed by atoms with Gasteiger partial charge in [0.15, 0.2) is 0 Å². The second-order valence-electron chi connectivity index (χ2n) is 5.74. The van der Waals surface area contributed by atoms with Gasteiger partial charge in [0.25, 0.3) is 5.56 Å². The lowest BCUT2D eigenvalue weighted by Crippen LogP contribution is -2.16. The van der Waals surface area contributed by atoms with Crippen molar-refractivity contribution in [3.63, 3.8) is 0 Å². The minimum absolute atomic E-state index is 0.150. The van der Waals surface area contributed by atoms with E-state index in [0.29, 0.717) is 39.3 Å². The van der Waals surface area contributed by atoms with E-state index in [9.17, 15) is 9.59 Å². The zero-order valence-corrected chi connectivity index (χ0v) is 16.8. The predicted molar refractivity (Wildman–Crippen MR) is 111 cm³/mol. The van der Waals surface area contributed by atoms with Crippen LogP contribution in [0.5, 0.6) is 11.5 Å². The fourth-order valence-corrected chi connectivity index (χ4v) is 3.53. The molecule has 0 bridgehead atoms. The molecule has 2 heterocycles. The molecule has 28 heavy (non-hydrogen) atoms. The lowest BCUT2D eigenvalue weighted by Gasteiger charge is -2.13. The van der Waals surface area contributed by atoms with Gasteiger partial charge in [-0.2, -0.15) is 0 Å². The summed E-state index contributed by atoms with van der Waals surface area (Å²) in [5.74, 6) is 1.31. The topological polar surface area (TPSA) is 81.9 Å². The van der Waals surface area contributed by atoms with Crippen LogP contribution in [0.1, 0.15) is 5.69 Å². The summed E-state index contributed by atoms with van der Waals surface area (Å²) < 4.78 is 11.9. The maximum absolute atomic E-state index is 12.3. The smallest absolute Gasteiger partial charge is 0.258 e. The zero-order valence-electron chi connectivity index (χ0n) is 15.3. The standard InChI is InChI=1S/C19H18ClN3O4S/c1-26-15-9-16(27-2)14(8-13(15)20)22-18(24)11-28-10-12-7-19(25)23-6-4-3-5-17(23)21-12/h3-9H,10-11H2,1-2H3,(H,22,24). The molecule has 1 N–H and O–H groups in total. The highest BCUT2D eigenvalue weighted by Crippen LogP contribution is 2.35. The molecular weight excluding hydrogens is 402 g/mol. The van der Waals surface area contributed by atoms with Crippen molar-refractivity contribution >= 4 is 40.6 Å². The quantitative estimate of drug-likeness (QED) is 0.633. The number of fused-ring (bicyclic) bond motifs is 1. The van der Waals surface area contributed by atoms with Gasteiger partial charge in [0, 0.05) is 24.1 Å². The van der Waals surface area contributed by atoms with Crippen LogP contribution >= 0.6 is 23.4 Å². The molecule has 0 saturated carbocycles. The van der Waals surface area contributed by atoms with Gasteiger partial charge in [0.2, 0.25) is 5.91 Å². The number of rotatable bonds is 7. The molecule has 3 rings (SSSR count). The lowest BCUT2D eigenvalue weighted by molar-refractivity contribution is -0.113. The predicted octanol–water partition coefficient (Wildman–Crippen LogP) is 3.24. The van der Waals surface area contributed by atoms with E-state index >= 15 is 0 Å². The number of amides is 1. The van der Waals surface area contributed by atoms with Crippen LogP contribution < -0.4 is 20.3 Å². The first-order chi connectivity index (χ1) is 13.5. The van der Waals surface area contributed by atoms with Crippen molar-refractivity contribution in [1.82, 2.24) is 9.38 Å². The second kappa shape index (κ2) is 8.99. The van der Waals surface area contributed by atoms with Crippen molar-refractivity contribution in [2.75, 3.05) is 25.3 Å². The van der Waals surface area contributed by atoms with Crippen LogP contribution in [0.4, 0.5) is 5.69 Å². The van der Waals surface area contributed by atoms with Crippen LogP contribution in [0.25, 0.3) is 5.65 Å². The molecule has 9 heteroatoms. The first-order valence-electron chi connectivity index (χ1n) is 8.28. The third-order valence-corrected chi connectivity index (χ3v) is 5.12. The van der Waals surface area contributed by atoms with Gasteiger partial charge in [0.1, 0.15) is 17.1 Å². The van der Waals surface area contributed by atoms with Gasteiger partial charge < -0.3 is 14.8 Å². The van der Waals surface area contributed by atoms with Gasteiger partial charge in [0.05, 0.1) is 36.4 Å². The molecular formula is C19H18ClN3O4S. The Morgan fingerprint density at radius 3 is 2.75 bits per heavy atom. The number of benzene rings is 1. The normalized spacial score (nSPS) is 10.7. The number of nitrogens with zero attached hydrogens (tertiary/aromatic N) is 2. The molecule has 7 nitrogen and oxygen atoms in total. The van der Waals surface area contributed by atoms with E-state index < -0.39 is 0 Å². The number of anilines is 1. The Morgan fingerprint density at radius 1 is 1.21 bits per heavy atom. The molecule has 0 aliphatic rings. The van der Waals surface area contributed by atoms with Crippen molar-refractivity contribution in [3.8, 4) is 11.5 Å². The number of pyridine rings is 1. The van der Waals surface area contributed by atoms with Gasteiger partial charge in [-0.15, -0.1) is 11.8 Å². The van der Waals surface area contributed by atoms with E-state index in [1.807, 2.05) is 6.07 Å². The number of methoxy groups -OCH3 is 2. The fourth-order valence-electron chi connectivity index (χ4n) is 2.57. The van der Waals surface area contributed by atoms with Crippen LogP contribution in [0.15, 0.2) is 47.4 Å². The number of hydrogen-bond acceptors (Lipinski definition) is 6. The van der Waals surface area contributed by atoms with Crippen molar-refractivity contribution < 1.29 is 14.3 Å². The molecule has 0 aliphatic heterocycles. The van der Waals surface area contributed by atoms with E-state index in [1.165, 1.54) is 36.4 Å². The Hall–Kier alpha value is -2.71. The van der Waals surface area contributed by atoms with Crippen LogP contribution in [0.3, 0.4) is 0 Å². The summed E-state index contributed by atoms with van der Waals surface area (Å²) in [4.78, 5) is 28.8. The Kier molecular flexibility index (Phi) is 6.43. The summed E-state index contributed by atoms with van der Waals surface area (Å²) in [6.45, 7) is 0. The van der Waals surface area contributed by atoms with E-state index in [-0.39, 0.29) is 17.2 Å². The molecule has 0 saturated heterocycles. The highest BCUT2D eigenvalue weighted by Gasteiger charge is 2.13. The molecule has 2 aromatic heterocycles. The van der Waals surface area contributed by atoms with E-state index in [4.69, 9.17) is 21.1 Å². The van der Waals surface area contributed by atoms with Crippen molar-refractivity contribution in [3.05, 3.63) is 63.7 Å². The molecule has 0 aliphatic carbocycles. The summed E-state index contributed by atoms with van der Waals surface area (Å²) in [7, 11) is 3.00. The summed E-state index contributed by atoms with van der Waals surface area (Å²) in [6, 6.07) is 10.0. The SMILES string of the molecule is COc1cc(OC)c(NC(=O)CSCc2cc(=O)n3ccccc3n2)cc1Cl. The Labute approximate surface area is 170 Å². The first-order valence-corrected chi connectivity index (χ1v) is 9.81. The molecule has 0 atom stereocenters. The summed E-state index contributed by atoms with van der Waals surface area (Å²) in [6.07, 6.45) is 1.67. The fraction of sp³-hybridized carbons (Fsp3) is 0.211. The maximum atomic E-state index is 12.3. The Morgan fingerprint density at radius 2 is 2.00 bits per heavy atom. The van der Waals surface area contributed by atoms with Crippen LogP contribution in [0.2, 0.25) is 5.02 Å². The maximum Gasteiger partial charge on any atom is 0.258 e. The van der Waals surface area contributed by atoms with E-state index in [2.05, 4.69) is 10.3 Å². The lowest BCUT2D eigenvalue weighted by atomic mass is 10.2. The van der Waals surface area contributed by atoms with Gasteiger partial charge >= 0.3 is 0 Å². The molecule has 146 valence electrons. The molecule has 0 unspecified atom stereocenters. The summed E-state index contributed by atoms with van der Waals surface area (Å²) in [5.41, 5.74) is 1.51. The molecule has 0 spiro atoms. The number of nitrogens with one attached hydrogen (secondary N) is 1. The van der Waals surface area contributed by atoms with Crippen LogP contribution in [0, 0.1) is 0 Å². The van der Waals surface area contributed by atoms with E-state index in [0.717, 1.165) is 0 Å². The highest BCUT2D eigenvalue weighted by atomic mass is 35.5. The molecule has 1 amide bonds. The van der Waals surface area contributed by atoms with Crippen LogP contribution in [-0.4, -0.2) is 35.3 Å². The van der Waals surface area contributed by atoms with E-state index in [1.54, 1.807) is 30.5 Å². The number of carbonyl (C=O) groups is 1. The van der Waals surface area contributed by atoms with Gasteiger partial charge in [-0.25, -0.2) is 4.98 Å². The van der Waals surface area contributed by atoms with Crippen molar-refractivity contribution in [2.45, 2.75) is 5.75 Å². The molecule has 0 radical (unpaired) electrons. The Balaban J connectivity index is 1.62. The largest absolute Gasteiger partial charge is 0.495 e. The summed E-state index contributed by atoms with van der Waals surface area (Å²) in [5, 5.41) is 3.14. The minimum atomic E-state index is -0.220. The number of halogens is 1. The number of ether oxygens (including phenoxy) is 2. The number of aromatic nitrogens is 2. The van der Waals surface area contributed by atoms with Crippen molar-refractivity contribution in [1.29, 1.82) is 0 Å². The molecule has 1 aromatic carbocycles. The number of thioether (sulfide) groups is 1. The van der Waals surface area contributed by atoms with Crippen molar-refractivity contribution in [2.24, 2.45) is 0 Å². The van der Waals surface area contributed by atoms with Gasteiger partial charge in [-0.1, -0.05) is 17.7 Å². The molecule has 0 fully saturated rings. The monoisotopic (exact) mass is 419 g/mol. The zero-order chi connectivity index (χ0) is 20.1.